The predicted molar refractivity (Wildman–Crippen MR) is 87.3 cm³/mol. The van der Waals surface area contributed by atoms with Crippen molar-refractivity contribution in [2.45, 2.75) is 0 Å². The highest BCUT2D eigenvalue weighted by Gasteiger charge is 2.09. The molecule has 0 saturated carbocycles. The van der Waals surface area contributed by atoms with E-state index in [1.54, 1.807) is 13.2 Å². The molecule has 1 aromatic heterocycles. The Balaban J connectivity index is 1.96. The molecule has 0 amide bonds. The number of ether oxygens (including phenoxy) is 1. The van der Waals surface area contributed by atoms with Crippen molar-refractivity contribution in [1.29, 1.82) is 0 Å². The third kappa shape index (κ3) is 2.82. The number of anilines is 2. The number of rotatable bonds is 3. The van der Waals surface area contributed by atoms with Crippen LogP contribution in [0, 0.1) is 5.82 Å². The number of halogens is 2. The molecule has 0 aliphatic carbocycles. The number of fused-ring (bicyclic) bond motifs is 1. The van der Waals surface area contributed by atoms with E-state index >= 15 is 0 Å². The molecule has 0 fully saturated rings. The van der Waals surface area contributed by atoms with Gasteiger partial charge >= 0.3 is 0 Å². The molecule has 3 aromatic rings. The number of benzene rings is 2. The van der Waals surface area contributed by atoms with Crippen LogP contribution in [-0.2, 0) is 0 Å². The Morgan fingerprint density at radius 1 is 1.18 bits per heavy atom. The van der Waals surface area contributed by atoms with Crippen molar-refractivity contribution in [2.75, 3.05) is 12.4 Å². The number of aromatic hydroxyl groups is 1. The van der Waals surface area contributed by atoms with E-state index in [4.69, 9.17) is 4.74 Å². The fourth-order valence-corrected chi connectivity index (χ4v) is 2.39. The Bertz CT molecular complexity index is 855. The van der Waals surface area contributed by atoms with Gasteiger partial charge in [0.15, 0.2) is 0 Å². The summed E-state index contributed by atoms with van der Waals surface area (Å²) in [5, 5.41) is 13.4. The van der Waals surface area contributed by atoms with Gasteiger partial charge in [-0.25, -0.2) is 9.37 Å². The third-order valence-corrected chi connectivity index (χ3v) is 3.83. The standard InChI is InChI=1S/C16H12BrFN2O2/c1-22-10-3-4-13-9(6-10)2-5-16(19-13)20-14-8-15(21)11(17)7-12(14)18/h2-8,21H,1H3,(H,19,20). The van der Waals surface area contributed by atoms with Crippen LogP contribution >= 0.6 is 15.9 Å². The van der Waals surface area contributed by atoms with E-state index in [1.807, 2.05) is 24.3 Å². The van der Waals surface area contributed by atoms with Crippen LogP contribution in [0.1, 0.15) is 0 Å². The zero-order valence-electron chi connectivity index (χ0n) is 11.6. The van der Waals surface area contributed by atoms with Crippen molar-refractivity contribution in [1.82, 2.24) is 4.98 Å². The lowest BCUT2D eigenvalue weighted by Crippen LogP contribution is -1.97. The van der Waals surface area contributed by atoms with E-state index < -0.39 is 5.82 Å². The number of aromatic nitrogens is 1. The fourth-order valence-electron chi connectivity index (χ4n) is 2.07. The lowest BCUT2D eigenvalue weighted by atomic mass is 10.2. The van der Waals surface area contributed by atoms with Gasteiger partial charge in [-0.2, -0.15) is 0 Å². The summed E-state index contributed by atoms with van der Waals surface area (Å²) < 4.78 is 19.3. The molecule has 6 heteroatoms. The number of nitrogens with one attached hydrogen (secondary N) is 1. The summed E-state index contributed by atoms with van der Waals surface area (Å²) in [6.45, 7) is 0. The van der Waals surface area contributed by atoms with E-state index in [2.05, 4.69) is 26.2 Å². The fraction of sp³-hybridized carbons (Fsp3) is 0.0625. The zero-order chi connectivity index (χ0) is 15.7. The molecule has 0 atom stereocenters. The van der Waals surface area contributed by atoms with Crippen LogP contribution in [0.3, 0.4) is 0 Å². The molecule has 0 spiro atoms. The Kier molecular flexibility index (Phi) is 3.85. The molecule has 0 aliphatic rings. The number of hydrogen-bond acceptors (Lipinski definition) is 4. The van der Waals surface area contributed by atoms with E-state index in [9.17, 15) is 9.50 Å². The maximum absolute atomic E-state index is 13.9. The molecular weight excluding hydrogens is 351 g/mol. The summed E-state index contributed by atoms with van der Waals surface area (Å²) in [6.07, 6.45) is 0. The maximum Gasteiger partial charge on any atom is 0.148 e. The van der Waals surface area contributed by atoms with Crippen molar-refractivity contribution in [2.24, 2.45) is 0 Å². The Hall–Kier alpha value is -2.34. The largest absolute Gasteiger partial charge is 0.507 e. The molecule has 0 bridgehead atoms. The van der Waals surface area contributed by atoms with E-state index in [0.29, 0.717) is 10.3 Å². The van der Waals surface area contributed by atoms with Crippen LogP contribution in [0.2, 0.25) is 0 Å². The first kappa shape index (κ1) is 14.6. The SMILES string of the molecule is COc1ccc2nc(Nc3cc(O)c(Br)cc3F)ccc2c1. The number of phenolic OH excluding ortho intramolecular Hbond substituents is 1. The van der Waals surface area contributed by atoms with Gasteiger partial charge in [0.2, 0.25) is 0 Å². The van der Waals surface area contributed by atoms with Crippen LogP contribution in [-0.4, -0.2) is 17.2 Å². The summed E-state index contributed by atoms with van der Waals surface area (Å²) in [7, 11) is 1.60. The Morgan fingerprint density at radius 2 is 2.00 bits per heavy atom. The molecule has 0 radical (unpaired) electrons. The topological polar surface area (TPSA) is 54.4 Å². The number of phenols is 1. The number of hydrogen-bond donors (Lipinski definition) is 2. The van der Waals surface area contributed by atoms with Crippen molar-refractivity contribution < 1.29 is 14.2 Å². The highest BCUT2D eigenvalue weighted by atomic mass is 79.9. The van der Waals surface area contributed by atoms with E-state index in [1.165, 1.54) is 12.1 Å². The van der Waals surface area contributed by atoms with Crippen LogP contribution in [0.25, 0.3) is 10.9 Å². The first-order valence-corrected chi connectivity index (χ1v) is 7.26. The Morgan fingerprint density at radius 3 is 2.77 bits per heavy atom. The quantitative estimate of drug-likeness (QED) is 0.715. The van der Waals surface area contributed by atoms with Gasteiger partial charge < -0.3 is 15.2 Å². The molecule has 1 heterocycles. The third-order valence-electron chi connectivity index (χ3n) is 3.20. The molecule has 0 saturated heterocycles. The summed E-state index contributed by atoms with van der Waals surface area (Å²) in [6, 6.07) is 11.6. The minimum Gasteiger partial charge on any atom is -0.507 e. The average Bonchev–Trinajstić information content (AvgIpc) is 2.52. The van der Waals surface area contributed by atoms with Crippen molar-refractivity contribution >= 4 is 38.3 Å². The first-order chi connectivity index (χ1) is 10.6. The molecule has 0 aliphatic heterocycles. The molecule has 0 unspecified atom stereocenters. The highest BCUT2D eigenvalue weighted by molar-refractivity contribution is 9.10. The van der Waals surface area contributed by atoms with Crippen LogP contribution in [0.5, 0.6) is 11.5 Å². The van der Waals surface area contributed by atoms with Crippen molar-refractivity contribution in [3.63, 3.8) is 0 Å². The molecular formula is C16H12BrFN2O2. The van der Waals surface area contributed by atoms with Gasteiger partial charge in [-0.3, -0.25) is 0 Å². The molecule has 2 N–H and O–H groups in total. The number of nitrogens with zero attached hydrogens (tertiary/aromatic N) is 1. The average molecular weight is 363 g/mol. The monoisotopic (exact) mass is 362 g/mol. The van der Waals surface area contributed by atoms with Gasteiger partial charge in [0, 0.05) is 11.5 Å². The summed E-state index contributed by atoms with van der Waals surface area (Å²) in [5.74, 6) is 0.702. The smallest absolute Gasteiger partial charge is 0.148 e. The van der Waals surface area contributed by atoms with Crippen LogP contribution in [0.4, 0.5) is 15.9 Å². The van der Waals surface area contributed by atoms with Gasteiger partial charge in [-0.1, -0.05) is 0 Å². The lowest BCUT2D eigenvalue weighted by Gasteiger charge is -2.09. The van der Waals surface area contributed by atoms with Crippen molar-refractivity contribution in [3.05, 3.63) is 52.8 Å². The summed E-state index contributed by atoms with van der Waals surface area (Å²) in [5.41, 5.74) is 0.911. The lowest BCUT2D eigenvalue weighted by molar-refractivity contribution is 0.415. The normalized spacial score (nSPS) is 10.7. The molecule has 4 nitrogen and oxygen atoms in total. The second kappa shape index (κ2) is 5.81. The molecule has 3 rings (SSSR count). The predicted octanol–water partition coefficient (Wildman–Crippen LogP) is 4.59. The van der Waals surface area contributed by atoms with Gasteiger partial charge in [0.05, 0.1) is 22.8 Å². The van der Waals surface area contributed by atoms with Gasteiger partial charge in [0.1, 0.15) is 23.1 Å². The maximum atomic E-state index is 13.9. The molecule has 2 aromatic carbocycles. The van der Waals surface area contributed by atoms with Crippen LogP contribution in [0.15, 0.2) is 46.9 Å². The molecule has 112 valence electrons. The summed E-state index contributed by atoms with van der Waals surface area (Å²) >= 11 is 3.07. The van der Waals surface area contributed by atoms with Gasteiger partial charge in [-0.15, -0.1) is 0 Å². The van der Waals surface area contributed by atoms with Crippen molar-refractivity contribution in [3.8, 4) is 11.5 Å². The van der Waals surface area contributed by atoms with E-state index in [-0.39, 0.29) is 11.4 Å². The highest BCUT2D eigenvalue weighted by Crippen LogP contribution is 2.31. The van der Waals surface area contributed by atoms with Crippen LogP contribution < -0.4 is 10.1 Å². The minimum atomic E-state index is -0.485. The minimum absolute atomic E-state index is 0.0468. The second-order valence-electron chi connectivity index (χ2n) is 4.66. The number of methoxy groups -OCH3 is 1. The van der Waals surface area contributed by atoms with E-state index in [0.717, 1.165) is 16.7 Å². The number of pyridine rings is 1. The Labute approximate surface area is 134 Å². The van der Waals surface area contributed by atoms with Gasteiger partial charge in [0.25, 0.3) is 0 Å². The first-order valence-electron chi connectivity index (χ1n) is 6.46. The summed E-state index contributed by atoms with van der Waals surface area (Å²) in [4.78, 5) is 4.41. The second-order valence-corrected chi connectivity index (χ2v) is 5.52. The zero-order valence-corrected chi connectivity index (χ0v) is 13.2. The molecule has 22 heavy (non-hydrogen) atoms. The van der Waals surface area contributed by atoms with Gasteiger partial charge in [-0.05, 0) is 52.3 Å².